The van der Waals surface area contributed by atoms with Crippen LogP contribution in [-0.2, 0) is 14.3 Å². The SMILES string of the molecule is COc1cc(C=O)cc(I)c1O[C@H]1C=C(C(=O)NCCO)C[C@@H](N(C(=O)C2CCOC2)C2CCCC2)[C@@H]1O. The molecule has 1 heterocycles. The number of benzene rings is 1. The highest BCUT2D eigenvalue weighted by Gasteiger charge is 2.45. The number of nitrogens with zero attached hydrogens (tertiary/aromatic N) is 1. The van der Waals surface area contributed by atoms with Crippen LogP contribution in [0.25, 0.3) is 0 Å². The first-order valence-corrected chi connectivity index (χ1v) is 14.1. The summed E-state index contributed by atoms with van der Waals surface area (Å²) in [5.74, 6) is -0.0727. The van der Waals surface area contributed by atoms with E-state index in [0.29, 0.717) is 52.1 Å². The maximum atomic E-state index is 13.8. The summed E-state index contributed by atoms with van der Waals surface area (Å²) >= 11 is 2.03. The van der Waals surface area contributed by atoms with E-state index in [1.165, 1.54) is 7.11 Å². The molecule has 0 radical (unpaired) electrons. The molecule has 208 valence electrons. The third-order valence-electron chi connectivity index (χ3n) is 7.46. The lowest BCUT2D eigenvalue weighted by Gasteiger charge is -2.44. The van der Waals surface area contributed by atoms with Gasteiger partial charge in [-0.25, -0.2) is 0 Å². The van der Waals surface area contributed by atoms with Crippen LogP contribution in [0.1, 0.15) is 48.9 Å². The van der Waals surface area contributed by atoms with E-state index in [1.807, 2.05) is 22.6 Å². The fourth-order valence-electron chi connectivity index (χ4n) is 5.54. The third kappa shape index (κ3) is 6.32. The van der Waals surface area contributed by atoms with Crippen molar-refractivity contribution in [1.29, 1.82) is 0 Å². The average molecular weight is 642 g/mol. The van der Waals surface area contributed by atoms with Crippen LogP contribution in [-0.4, -0.2) is 91.0 Å². The van der Waals surface area contributed by atoms with Crippen molar-refractivity contribution in [2.45, 2.75) is 62.8 Å². The predicted molar refractivity (Wildman–Crippen MR) is 146 cm³/mol. The Kier molecular flexibility index (Phi) is 10.0. The van der Waals surface area contributed by atoms with E-state index in [2.05, 4.69) is 5.32 Å². The fourth-order valence-corrected chi connectivity index (χ4v) is 6.30. The van der Waals surface area contributed by atoms with E-state index in [-0.39, 0.29) is 43.3 Å². The molecular formula is C27H35IN2O8. The van der Waals surface area contributed by atoms with Gasteiger partial charge in [0.2, 0.25) is 11.8 Å². The molecule has 2 fully saturated rings. The first-order valence-electron chi connectivity index (χ1n) is 13.0. The number of aliphatic hydroxyl groups excluding tert-OH is 2. The number of carbonyl (C=O) groups excluding carboxylic acids is 3. The molecule has 4 rings (SSSR count). The van der Waals surface area contributed by atoms with Crippen LogP contribution in [0.4, 0.5) is 0 Å². The second kappa shape index (κ2) is 13.2. The van der Waals surface area contributed by atoms with E-state index >= 15 is 0 Å². The highest BCUT2D eigenvalue weighted by atomic mass is 127. The molecular weight excluding hydrogens is 607 g/mol. The van der Waals surface area contributed by atoms with Crippen molar-refractivity contribution < 1.29 is 38.8 Å². The topological polar surface area (TPSA) is 135 Å². The van der Waals surface area contributed by atoms with Crippen molar-refractivity contribution in [2.24, 2.45) is 5.92 Å². The van der Waals surface area contributed by atoms with Crippen molar-refractivity contribution in [3.8, 4) is 11.5 Å². The molecule has 1 saturated carbocycles. The largest absolute Gasteiger partial charge is 0.493 e. The molecule has 4 atom stereocenters. The molecule has 2 amide bonds. The van der Waals surface area contributed by atoms with Gasteiger partial charge in [0.15, 0.2) is 11.5 Å². The van der Waals surface area contributed by atoms with Crippen LogP contribution >= 0.6 is 22.6 Å². The Labute approximate surface area is 235 Å². The number of aliphatic hydroxyl groups is 2. The lowest BCUT2D eigenvalue weighted by Crippen LogP contribution is -2.58. The van der Waals surface area contributed by atoms with Crippen LogP contribution < -0.4 is 14.8 Å². The van der Waals surface area contributed by atoms with Gasteiger partial charge in [0.25, 0.3) is 0 Å². The maximum Gasteiger partial charge on any atom is 0.247 e. The first-order chi connectivity index (χ1) is 18.4. The van der Waals surface area contributed by atoms with Crippen molar-refractivity contribution in [3.05, 3.63) is 32.9 Å². The Balaban J connectivity index is 1.71. The van der Waals surface area contributed by atoms with E-state index in [4.69, 9.17) is 14.2 Å². The second-order valence-electron chi connectivity index (χ2n) is 9.91. The summed E-state index contributed by atoms with van der Waals surface area (Å²) in [5.41, 5.74) is 0.785. The van der Waals surface area contributed by atoms with Gasteiger partial charge in [0.1, 0.15) is 18.5 Å². The molecule has 1 unspecified atom stereocenters. The minimum absolute atomic E-state index is 0.0372. The molecule has 0 spiro atoms. The number of methoxy groups -OCH3 is 1. The summed E-state index contributed by atoms with van der Waals surface area (Å²) in [6.45, 7) is 0.747. The standard InChI is InChI=1S/C27H35IN2O8/c1-36-23-11-16(14-32)10-20(28)25(23)38-22-13-18(26(34)29-7-8-31)12-21(24(22)33)30(19-4-2-3-5-19)27(35)17-6-9-37-15-17/h10-11,13-14,17,19,21-22,24,31,33H,2-9,12,15H2,1H3,(H,29,34)/t17?,21-,22+,24+/m1/s1. The molecule has 3 aliphatic rings. The Morgan fingerprint density at radius 1 is 1.26 bits per heavy atom. The molecule has 3 N–H and O–H groups in total. The van der Waals surface area contributed by atoms with Gasteiger partial charge in [-0.2, -0.15) is 0 Å². The van der Waals surface area contributed by atoms with Crippen LogP contribution in [0.15, 0.2) is 23.8 Å². The molecule has 1 saturated heterocycles. The monoisotopic (exact) mass is 642 g/mol. The van der Waals surface area contributed by atoms with E-state index < -0.39 is 18.2 Å². The summed E-state index contributed by atoms with van der Waals surface area (Å²) in [7, 11) is 1.46. The van der Waals surface area contributed by atoms with Crippen LogP contribution in [0, 0.1) is 9.49 Å². The minimum atomic E-state index is -1.12. The number of halogens is 1. The van der Waals surface area contributed by atoms with E-state index in [1.54, 1.807) is 23.1 Å². The zero-order chi connectivity index (χ0) is 27.2. The Morgan fingerprint density at radius 3 is 2.66 bits per heavy atom. The summed E-state index contributed by atoms with van der Waals surface area (Å²) in [6, 6.07) is 2.47. The Hall–Kier alpha value is -2.22. The number of amides is 2. The van der Waals surface area contributed by atoms with Gasteiger partial charge in [0.05, 0.1) is 35.9 Å². The van der Waals surface area contributed by atoms with Gasteiger partial charge in [-0.1, -0.05) is 12.8 Å². The van der Waals surface area contributed by atoms with Gasteiger partial charge >= 0.3 is 0 Å². The second-order valence-corrected chi connectivity index (χ2v) is 11.1. The summed E-state index contributed by atoms with van der Waals surface area (Å²) in [6.07, 6.45) is 4.65. The molecule has 2 aliphatic carbocycles. The predicted octanol–water partition coefficient (Wildman–Crippen LogP) is 1.84. The van der Waals surface area contributed by atoms with E-state index in [0.717, 1.165) is 25.7 Å². The molecule has 1 aliphatic heterocycles. The van der Waals surface area contributed by atoms with E-state index in [9.17, 15) is 24.6 Å². The highest BCUT2D eigenvalue weighted by molar-refractivity contribution is 14.1. The summed E-state index contributed by atoms with van der Waals surface area (Å²) in [5, 5.41) is 23.6. The quantitative estimate of drug-likeness (QED) is 0.260. The zero-order valence-electron chi connectivity index (χ0n) is 21.4. The number of hydrogen-bond acceptors (Lipinski definition) is 8. The molecule has 11 heteroatoms. The Morgan fingerprint density at radius 2 is 2.03 bits per heavy atom. The van der Waals surface area contributed by atoms with Crippen molar-refractivity contribution >= 4 is 40.7 Å². The third-order valence-corrected chi connectivity index (χ3v) is 8.27. The number of hydrogen-bond donors (Lipinski definition) is 3. The Bertz CT molecular complexity index is 1050. The maximum absolute atomic E-state index is 13.8. The van der Waals surface area contributed by atoms with Crippen molar-refractivity contribution in [2.75, 3.05) is 33.5 Å². The number of rotatable bonds is 10. The number of ether oxygens (including phenoxy) is 3. The molecule has 38 heavy (non-hydrogen) atoms. The van der Waals surface area contributed by atoms with Crippen LogP contribution in [0.3, 0.4) is 0 Å². The van der Waals surface area contributed by atoms with Gasteiger partial charge in [-0.15, -0.1) is 0 Å². The lowest BCUT2D eigenvalue weighted by molar-refractivity contribution is -0.146. The smallest absolute Gasteiger partial charge is 0.247 e. The number of nitrogens with one attached hydrogen (secondary N) is 1. The van der Waals surface area contributed by atoms with Gasteiger partial charge in [-0.05, 0) is 60.1 Å². The van der Waals surface area contributed by atoms with Gasteiger partial charge in [0, 0.05) is 36.8 Å². The molecule has 1 aromatic rings. The number of aldehydes is 1. The number of carbonyl (C=O) groups is 3. The first kappa shape index (κ1) is 28.8. The van der Waals surface area contributed by atoms with Gasteiger partial charge in [-0.3, -0.25) is 14.4 Å². The molecule has 0 bridgehead atoms. The van der Waals surface area contributed by atoms with Gasteiger partial charge < -0.3 is 34.6 Å². The van der Waals surface area contributed by atoms with Crippen LogP contribution in [0.5, 0.6) is 11.5 Å². The minimum Gasteiger partial charge on any atom is -0.493 e. The van der Waals surface area contributed by atoms with Crippen molar-refractivity contribution in [3.63, 3.8) is 0 Å². The molecule has 0 aromatic heterocycles. The highest BCUT2D eigenvalue weighted by Crippen LogP contribution is 2.38. The zero-order valence-corrected chi connectivity index (χ0v) is 23.6. The normalized spacial score (nSPS) is 25.5. The fraction of sp³-hybridized carbons (Fsp3) is 0.593. The summed E-state index contributed by atoms with van der Waals surface area (Å²) in [4.78, 5) is 40.0. The summed E-state index contributed by atoms with van der Waals surface area (Å²) < 4.78 is 17.8. The van der Waals surface area contributed by atoms with Crippen LogP contribution in [0.2, 0.25) is 0 Å². The molecule has 1 aromatic carbocycles. The molecule has 10 nitrogen and oxygen atoms in total. The lowest BCUT2D eigenvalue weighted by atomic mass is 9.86. The average Bonchev–Trinajstić information content (AvgIpc) is 3.65. The van der Waals surface area contributed by atoms with Crippen molar-refractivity contribution in [1.82, 2.24) is 10.2 Å².